The number of nitriles is 1. The van der Waals surface area contributed by atoms with Crippen molar-refractivity contribution in [2.45, 2.75) is 25.6 Å². The molecule has 4 aromatic rings. The van der Waals surface area contributed by atoms with E-state index in [2.05, 4.69) is 10.5 Å². The topological polar surface area (TPSA) is 94.8 Å². The molecule has 0 aliphatic carbocycles. The van der Waals surface area contributed by atoms with Gasteiger partial charge in [0.2, 0.25) is 5.91 Å². The molecule has 200 valence electrons. The molecule has 7 nitrogen and oxygen atoms in total. The minimum absolute atomic E-state index is 0.132. The van der Waals surface area contributed by atoms with Gasteiger partial charge in [-0.25, -0.2) is 0 Å². The van der Waals surface area contributed by atoms with Crippen LogP contribution in [0.3, 0.4) is 0 Å². The van der Waals surface area contributed by atoms with Gasteiger partial charge in [0.15, 0.2) is 0 Å². The first kappa shape index (κ1) is 27.2. The molecule has 0 saturated carbocycles. The number of fused-ring (bicyclic) bond motifs is 1. The number of amides is 2. The van der Waals surface area contributed by atoms with E-state index in [0.29, 0.717) is 33.4 Å². The summed E-state index contributed by atoms with van der Waals surface area (Å²) in [7, 11) is 0. The fraction of sp³-hybridized carbons (Fsp3) is 0.161. The highest BCUT2D eigenvalue weighted by atomic mass is 35.5. The van der Waals surface area contributed by atoms with E-state index in [1.807, 2.05) is 48.5 Å². The van der Waals surface area contributed by atoms with Gasteiger partial charge in [0.25, 0.3) is 5.91 Å². The zero-order valence-corrected chi connectivity index (χ0v) is 22.8. The first-order valence-corrected chi connectivity index (χ1v) is 13.4. The smallest absolute Gasteiger partial charge is 0.254 e. The molecule has 1 aliphatic rings. The van der Waals surface area contributed by atoms with Gasteiger partial charge in [-0.1, -0.05) is 76.9 Å². The molecular formula is C31H24Cl2N4O3. The lowest BCUT2D eigenvalue weighted by molar-refractivity contribution is -0.124. The number of hydrogen-bond acceptors (Lipinski definition) is 5. The maximum Gasteiger partial charge on any atom is 0.254 e. The number of hydrogen-bond donors (Lipinski definition) is 1. The first-order chi connectivity index (χ1) is 19.4. The summed E-state index contributed by atoms with van der Waals surface area (Å²) in [4.78, 5) is 33.9. The third-order valence-corrected chi connectivity index (χ3v) is 7.46. The SMILES string of the molecule is N#Cc1ccc(C(=O)N2C/C(=N/OCc3ccc(Cl)c(Cl)c3)C[C@H]2C(=O)NCc2cccc3ccccc23)cc1. The maximum absolute atomic E-state index is 13.5. The van der Waals surface area contributed by atoms with E-state index in [4.69, 9.17) is 33.3 Å². The molecule has 1 saturated heterocycles. The van der Waals surface area contributed by atoms with Gasteiger partial charge in [0.1, 0.15) is 12.6 Å². The minimum Gasteiger partial charge on any atom is -0.391 e. The normalized spacial score (nSPS) is 15.7. The summed E-state index contributed by atoms with van der Waals surface area (Å²) >= 11 is 12.1. The van der Waals surface area contributed by atoms with Crippen LogP contribution in [0.1, 0.15) is 33.5 Å². The van der Waals surface area contributed by atoms with Crippen molar-refractivity contribution in [2.24, 2.45) is 5.16 Å². The number of nitrogens with one attached hydrogen (secondary N) is 1. The molecule has 1 aliphatic heterocycles. The summed E-state index contributed by atoms with van der Waals surface area (Å²) in [5.41, 5.74) is 3.15. The van der Waals surface area contributed by atoms with Crippen molar-refractivity contribution in [3.05, 3.63) is 117 Å². The van der Waals surface area contributed by atoms with E-state index < -0.39 is 6.04 Å². The number of halogens is 2. The standard InChI is InChI=1S/C31H24Cl2N4O3/c32-27-13-10-21(14-28(27)33)19-40-36-25-15-29(37(18-25)31(39)23-11-8-20(16-34)9-12-23)30(38)35-17-24-6-3-5-22-4-1-2-7-26(22)24/h1-14,29H,15,17-19H2,(H,35,38)/b36-25+/t29-/m0/s1. The fourth-order valence-electron chi connectivity index (χ4n) is 4.65. The number of rotatable bonds is 7. The van der Waals surface area contributed by atoms with Crippen LogP contribution in [-0.4, -0.2) is 35.0 Å². The van der Waals surface area contributed by atoms with Crippen molar-refractivity contribution in [3.63, 3.8) is 0 Å². The van der Waals surface area contributed by atoms with Crippen molar-refractivity contribution in [3.8, 4) is 6.07 Å². The van der Waals surface area contributed by atoms with Crippen LogP contribution < -0.4 is 5.32 Å². The Bertz CT molecular complexity index is 1640. The van der Waals surface area contributed by atoms with Crippen LogP contribution >= 0.6 is 23.2 Å². The molecule has 0 unspecified atom stereocenters. The van der Waals surface area contributed by atoms with E-state index >= 15 is 0 Å². The molecule has 0 spiro atoms. The van der Waals surface area contributed by atoms with Gasteiger partial charge in [-0.3, -0.25) is 9.59 Å². The molecule has 9 heteroatoms. The molecule has 2 amide bonds. The summed E-state index contributed by atoms with van der Waals surface area (Å²) in [6, 6.07) is 26.7. The zero-order chi connectivity index (χ0) is 28.1. The van der Waals surface area contributed by atoms with Crippen LogP contribution in [0.15, 0.2) is 90.1 Å². The average molecular weight is 571 g/mol. The van der Waals surface area contributed by atoms with Gasteiger partial charge in [-0.2, -0.15) is 5.26 Å². The van der Waals surface area contributed by atoms with Gasteiger partial charge >= 0.3 is 0 Å². The predicted octanol–water partition coefficient (Wildman–Crippen LogP) is 6.12. The summed E-state index contributed by atoms with van der Waals surface area (Å²) < 4.78 is 0. The van der Waals surface area contributed by atoms with Gasteiger partial charge in [-0.15, -0.1) is 0 Å². The Labute approximate surface area is 241 Å². The Hall–Kier alpha value is -4.38. The van der Waals surface area contributed by atoms with E-state index in [1.165, 1.54) is 4.90 Å². The molecule has 1 heterocycles. The predicted molar refractivity (Wildman–Crippen MR) is 155 cm³/mol. The van der Waals surface area contributed by atoms with Crippen LogP contribution in [0.25, 0.3) is 10.8 Å². The van der Waals surface area contributed by atoms with Crippen molar-refractivity contribution < 1.29 is 14.4 Å². The van der Waals surface area contributed by atoms with Crippen LogP contribution in [-0.2, 0) is 22.8 Å². The number of benzene rings is 4. The van der Waals surface area contributed by atoms with Crippen molar-refractivity contribution >= 4 is 51.5 Å². The highest BCUT2D eigenvalue weighted by Gasteiger charge is 2.38. The molecule has 0 bridgehead atoms. The van der Waals surface area contributed by atoms with E-state index in [0.717, 1.165) is 21.9 Å². The van der Waals surface area contributed by atoms with Crippen LogP contribution in [0.2, 0.25) is 10.0 Å². The number of carbonyl (C=O) groups excluding carboxylic acids is 2. The van der Waals surface area contributed by atoms with Crippen molar-refractivity contribution in [1.29, 1.82) is 5.26 Å². The average Bonchev–Trinajstić information content (AvgIpc) is 3.41. The van der Waals surface area contributed by atoms with Gasteiger partial charge in [0, 0.05) is 18.5 Å². The summed E-state index contributed by atoms with van der Waals surface area (Å²) in [5.74, 6) is -0.617. The second kappa shape index (κ2) is 12.2. The summed E-state index contributed by atoms with van der Waals surface area (Å²) in [5, 5.41) is 19.3. The Balaban J connectivity index is 1.33. The first-order valence-electron chi connectivity index (χ1n) is 12.6. The van der Waals surface area contributed by atoms with Gasteiger partial charge in [-0.05, 0) is 58.3 Å². The summed E-state index contributed by atoms with van der Waals surface area (Å²) in [6.07, 6.45) is 0.227. The van der Waals surface area contributed by atoms with E-state index in [-0.39, 0.29) is 31.4 Å². The number of likely N-dealkylation sites (tertiary alicyclic amines) is 1. The van der Waals surface area contributed by atoms with Crippen molar-refractivity contribution in [1.82, 2.24) is 10.2 Å². The number of nitrogens with zero attached hydrogens (tertiary/aromatic N) is 3. The van der Waals surface area contributed by atoms with Crippen molar-refractivity contribution in [2.75, 3.05) is 6.54 Å². The number of oxime groups is 1. The Morgan fingerprint density at radius 3 is 2.55 bits per heavy atom. The summed E-state index contributed by atoms with van der Waals surface area (Å²) in [6.45, 7) is 0.602. The maximum atomic E-state index is 13.5. The lowest BCUT2D eigenvalue weighted by Crippen LogP contribution is -2.45. The molecule has 5 rings (SSSR count). The second-order valence-electron chi connectivity index (χ2n) is 9.38. The molecule has 1 atom stereocenters. The Kier molecular flexibility index (Phi) is 8.30. The highest BCUT2D eigenvalue weighted by molar-refractivity contribution is 6.42. The lowest BCUT2D eigenvalue weighted by Gasteiger charge is -2.23. The zero-order valence-electron chi connectivity index (χ0n) is 21.3. The fourth-order valence-corrected chi connectivity index (χ4v) is 4.97. The molecule has 4 aromatic carbocycles. The molecule has 1 N–H and O–H groups in total. The largest absolute Gasteiger partial charge is 0.391 e. The molecule has 1 fully saturated rings. The third kappa shape index (κ3) is 6.09. The lowest BCUT2D eigenvalue weighted by atomic mass is 10.0. The van der Waals surface area contributed by atoms with E-state index in [1.54, 1.807) is 42.5 Å². The van der Waals surface area contributed by atoms with E-state index in [9.17, 15) is 9.59 Å². The second-order valence-corrected chi connectivity index (χ2v) is 10.2. The van der Waals surface area contributed by atoms with Crippen LogP contribution in [0.4, 0.5) is 0 Å². The van der Waals surface area contributed by atoms with Crippen LogP contribution in [0, 0.1) is 11.3 Å². The minimum atomic E-state index is -0.773. The Morgan fingerprint density at radius 1 is 1.00 bits per heavy atom. The highest BCUT2D eigenvalue weighted by Crippen LogP contribution is 2.24. The molecule has 0 radical (unpaired) electrons. The molecule has 0 aromatic heterocycles. The molecular weight excluding hydrogens is 547 g/mol. The van der Waals surface area contributed by atoms with Crippen LogP contribution in [0.5, 0.6) is 0 Å². The van der Waals surface area contributed by atoms with Gasteiger partial charge in [0.05, 0.1) is 33.9 Å². The number of carbonyl (C=O) groups is 2. The van der Waals surface area contributed by atoms with Gasteiger partial charge < -0.3 is 15.1 Å². The Morgan fingerprint density at radius 2 is 1.77 bits per heavy atom. The monoisotopic (exact) mass is 570 g/mol. The molecule has 40 heavy (non-hydrogen) atoms. The quantitative estimate of drug-likeness (QED) is 0.271. The third-order valence-electron chi connectivity index (χ3n) is 6.72.